The van der Waals surface area contributed by atoms with E-state index in [4.69, 9.17) is 15.9 Å². The Balaban J connectivity index is 1.99. The summed E-state index contributed by atoms with van der Waals surface area (Å²) in [5, 5.41) is 8.50. The van der Waals surface area contributed by atoms with Crippen LogP contribution in [0.5, 0.6) is 11.5 Å². The molecule has 3 N–H and O–H groups in total. The van der Waals surface area contributed by atoms with Crippen molar-refractivity contribution in [2.75, 3.05) is 0 Å². The Morgan fingerprint density at radius 3 is 2.71 bits per heavy atom. The quantitative estimate of drug-likeness (QED) is 0.557. The maximum atomic E-state index is 7.47. The molecule has 0 unspecified atom stereocenters. The lowest BCUT2D eigenvalue weighted by Crippen LogP contribution is -2.11. The number of rotatable bonds is 3. The summed E-state index contributed by atoms with van der Waals surface area (Å²) >= 11 is 3.39. The molecule has 0 saturated carbocycles. The third kappa shape index (κ3) is 2.73. The van der Waals surface area contributed by atoms with E-state index in [-0.39, 0.29) is 5.84 Å². The summed E-state index contributed by atoms with van der Waals surface area (Å²) in [6.07, 6.45) is 1.74. The molecule has 0 bridgehead atoms. The number of pyridine rings is 1. The Bertz CT molecular complexity index is 827. The summed E-state index contributed by atoms with van der Waals surface area (Å²) in [7, 11) is 0. The molecule has 4 nitrogen and oxygen atoms in total. The van der Waals surface area contributed by atoms with Crippen molar-refractivity contribution in [3.63, 3.8) is 0 Å². The van der Waals surface area contributed by atoms with Crippen LogP contribution < -0.4 is 10.5 Å². The van der Waals surface area contributed by atoms with Crippen molar-refractivity contribution in [3.8, 4) is 11.5 Å². The Kier molecular flexibility index (Phi) is 3.58. The maximum Gasteiger partial charge on any atom is 0.153 e. The number of fused-ring (bicyclic) bond motifs is 1. The second-order valence-electron chi connectivity index (χ2n) is 4.49. The van der Waals surface area contributed by atoms with Gasteiger partial charge in [-0.15, -0.1) is 0 Å². The van der Waals surface area contributed by atoms with Gasteiger partial charge in [0, 0.05) is 21.6 Å². The predicted octanol–water partition coefficient (Wildman–Crippen LogP) is 4.07. The molecule has 0 spiro atoms. The molecule has 21 heavy (non-hydrogen) atoms. The van der Waals surface area contributed by atoms with Crippen molar-refractivity contribution in [2.45, 2.75) is 0 Å². The van der Waals surface area contributed by atoms with Crippen LogP contribution in [0.2, 0.25) is 0 Å². The van der Waals surface area contributed by atoms with E-state index in [2.05, 4.69) is 20.9 Å². The first-order chi connectivity index (χ1) is 10.1. The van der Waals surface area contributed by atoms with Crippen LogP contribution in [-0.2, 0) is 0 Å². The second-order valence-corrected chi connectivity index (χ2v) is 5.34. The first-order valence-electron chi connectivity index (χ1n) is 6.31. The van der Waals surface area contributed by atoms with E-state index in [1.54, 1.807) is 24.4 Å². The molecule has 0 fully saturated rings. The van der Waals surface area contributed by atoms with E-state index in [0.717, 1.165) is 15.4 Å². The number of amidine groups is 1. The number of nitrogens with zero attached hydrogens (tertiary/aromatic N) is 1. The van der Waals surface area contributed by atoms with Gasteiger partial charge in [-0.2, -0.15) is 0 Å². The normalized spacial score (nSPS) is 10.5. The first-order valence-corrected chi connectivity index (χ1v) is 7.10. The van der Waals surface area contributed by atoms with Crippen molar-refractivity contribution in [1.82, 2.24) is 4.98 Å². The number of nitrogen functional groups attached to an aromatic ring is 1. The van der Waals surface area contributed by atoms with Crippen LogP contribution in [0, 0.1) is 5.41 Å². The zero-order valence-corrected chi connectivity index (χ0v) is 12.6. The van der Waals surface area contributed by atoms with Crippen molar-refractivity contribution in [1.29, 1.82) is 5.41 Å². The van der Waals surface area contributed by atoms with Crippen LogP contribution in [-0.4, -0.2) is 10.8 Å². The van der Waals surface area contributed by atoms with Gasteiger partial charge in [-0.25, -0.2) is 0 Å². The summed E-state index contributed by atoms with van der Waals surface area (Å²) in [5.41, 5.74) is 6.94. The number of ether oxygens (including phenoxy) is 1. The van der Waals surface area contributed by atoms with Crippen molar-refractivity contribution in [2.24, 2.45) is 5.73 Å². The van der Waals surface area contributed by atoms with Crippen LogP contribution >= 0.6 is 15.9 Å². The molecular weight excluding hydrogens is 330 g/mol. The third-order valence-corrected chi connectivity index (χ3v) is 3.71. The Labute approximate surface area is 130 Å². The van der Waals surface area contributed by atoms with Gasteiger partial charge in [0.25, 0.3) is 0 Å². The summed E-state index contributed by atoms with van der Waals surface area (Å²) in [5.74, 6) is 1.36. The van der Waals surface area contributed by atoms with Gasteiger partial charge in [0.15, 0.2) is 5.75 Å². The smallest absolute Gasteiger partial charge is 0.153 e. The topological polar surface area (TPSA) is 72.0 Å². The minimum absolute atomic E-state index is 0.0141. The monoisotopic (exact) mass is 341 g/mol. The number of benzene rings is 2. The number of halogens is 1. The molecule has 0 radical (unpaired) electrons. The molecule has 3 rings (SSSR count). The number of aromatic nitrogens is 1. The zero-order valence-electron chi connectivity index (χ0n) is 11.0. The number of hydrogen-bond acceptors (Lipinski definition) is 3. The summed E-state index contributed by atoms with van der Waals surface area (Å²) in [4.78, 5) is 4.35. The van der Waals surface area contributed by atoms with E-state index in [1.165, 1.54) is 0 Å². The molecular formula is C16H12BrN3O. The summed E-state index contributed by atoms with van der Waals surface area (Å²) < 4.78 is 6.63. The van der Waals surface area contributed by atoms with Crippen molar-refractivity contribution in [3.05, 3.63) is 64.8 Å². The van der Waals surface area contributed by atoms with Crippen LogP contribution in [0.15, 0.2) is 59.2 Å². The van der Waals surface area contributed by atoms with Gasteiger partial charge in [-0.3, -0.25) is 10.4 Å². The standard InChI is InChI=1S/C16H12BrN3O/c17-13-9-11(6-7-12(13)16(18)19)21-14-5-1-3-10-4-2-8-20-15(10)14/h1-9H,(H3,18,19). The van der Waals surface area contributed by atoms with Crippen LogP contribution in [0.1, 0.15) is 5.56 Å². The average molecular weight is 342 g/mol. The lowest BCUT2D eigenvalue weighted by atomic mass is 10.2. The highest BCUT2D eigenvalue weighted by atomic mass is 79.9. The third-order valence-electron chi connectivity index (χ3n) is 3.05. The molecule has 0 aliphatic carbocycles. The van der Waals surface area contributed by atoms with E-state index in [1.807, 2.05) is 30.3 Å². The zero-order chi connectivity index (χ0) is 14.8. The molecule has 0 aliphatic heterocycles. The van der Waals surface area contributed by atoms with E-state index >= 15 is 0 Å². The molecule has 5 heteroatoms. The minimum atomic E-state index is 0.0141. The Hall–Kier alpha value is -2.40. The van der Waals surface area contributed by atoms with Gasteiger partial charge in [-0.1, -0.05) is 18.2 Å². The van der Waals surface area contributed by atoms with Crippen LogP contribution in [0.4, 0.5) is 0 Å². The fourth-order valence-electron chi connectivity index (χ4n) is 2.06. The fraction of sp³-hybridized carbons (Fsp3) is 0. The van der Waals surface area contributed by atoms with Gasteiger partial charge < -0.3 is 10.5 Å². The number of para-hydroxylation sites is 1. The molecule has 0 amide bonds. The number of hydrogen-bond donors (Lipinski definition) is 2. The highest BCUT2D eigenvalue weighted by Crippen LogP contribution is 2.30. The molecule has 0 atom stereocenters. The minimum Gasteiger partial charge on any atom is -0.455 e. The lowest BCUT2D eigenvalue weighted by Gasteiger charge is -2.10. The van der Waals surface area contributed by atoms with Gasteiger partial charge >= 0.3 is 0 Å². The molecule has 2 aromatic carbocycles. The van der Waals surface area contributed by atoms with Gasteiger partial charge in [0.05, 0.1) is 0 Å². The molecule has 0 aliphatic rings. The van der Waals surface area contributed by atoms with Gasteiger partial charge in [0.2, 0.25) is 0 Å². The van der Waals surface area contributed by atoms with Gasteiger partial charge in [-0.05, 0) is 46.3 Å². The molecule has 1 heterocycles. The van der Waals surface area contributed by atoms with Crippen LogP contribution in [0.25, 0.3) is 10.9 Å². The van der Waals surface area contributed by atoms with Gasteiger partial charge in [0.1, 0.15) is 17.1 Å². The fourth-order valence-corrected chi connectivity index (χ4v) is 2.63. The van der Waals surface area contributed by atoms with Crippen molar-refractivity contribution < 1.29 is 4.74 Å². The van der Waals surface area contributed by atoms with E-state index < -0.39 is 0 Å². The summed E-state index contributed by atoms with van der Waals surface area (Å²) in [6, 6.07) is 15.0. The number of nitrogens with two attached hydrogens (primary N) is 1. The molecule has 1 aromatic heterocycles. The summed E-state index contributed by atoms with van der Waals surface area (Å²) in [6.45, 7) is 0. The predicted molar refractivity (Wildman–Crippen MR) is 87.0 cm³/mol. The largest absolute Gasteiger partial charge is 0.455 e. The SMILES string of the molecule is N=C(N)c1ccc(Oc2cccc3cccnc23)cc1Br. The highest BCUT2D eigenvalue weighted by Gasteiger charge is 2.08. The lowest BCUT2D eigenvalue weighted by molar-refractivity contribution is 0.487. The van der Waals surface area contributed by atoms with E-state index in [0.29, 0.717) is 17.1 Å². The maximum absolute atomic E-state index is 7.47. The second kappa shape index (κ2) is 5.54. The average Bonchev–Trinajstić information content (AvgIpc) is 2.47. The first kappa shape index (κ1) is 13.6. The number of nitrogens with one attached hydrogen (secondary N) is 1. The molecule has 0 saturated heterocycles. The highest BCUT2D eigenvalue weighted by molar-refractivity contribution is 9.10. The van der Waals surface area contributed by atoms with E-state index in [9.17, 15) is 0 Å². The van der Waals surface area contributed by atoms with Crippen molar-refractivity contribution >= 4 is 32.7 Å². The molecule has 3 aromatic rings. The van der Waals surface area contributed by atoms with Crippen LogP contribution in [0.3, 0.4) is 0 Å². The Morgan fingerprint density at radius 2 is 1.95 bits per heavy atom. The molecule has 104 valence electrons. The Morgan fingerprint density at radius 1 is 1.14 bits per heavy atom.